The molecule has 0 aromatic heterocycles. The van der Waals surface area contributed by atoms with E-state index in [0.717, 1.165) is 5.01 Å². The maximum atomic E-state index is 12.7. The summed E-state index contributed by atoms with van der Waals surface area (Å²) in [6.07, 6.45) is 2.73. The normalized spacial score (nSPS) is 10.3. The highest BCUT2D eigenvalue weighted by Crippen LogP contribution is 2.01. The molecule has 0 radical (unpaired) electrons. The van der Waals surface area contributed by atoms with Gasteiger partial charge in [-0.05, 0) is 17.7 Å². The van der Waals surface area contributed by atoms with Crippen LogP contribution in [-0.2, 0) is 9.59 Å². The number of benzene rings is 1. The first-order valence-corrected chi connectivity index (χ1v) is 5.06. The third-order valence-electron chi connectivity index (χ3n) is 1.96. The molecule has 0 aliphatic carbocycles. The fraction of sp³-hybridized carbons (Fsp3) is 0.0833. The molecule has 1 aromatic rings. The summed E-state index contributed by atoms with van der Waals surface area (Å²) < 4.78 is 12.7. The van der Waals surface area contributed by atoms with E-state index in [1.165, 1.54) is 36.6 Å². The highest BCUT2D eigenvalue weighted by Gasteiger charge is 2.16. The van der Waals surface area contributed by atoms with Gasteiger partial charge in [0.1, 0.15) is 5.82 Å². The number of nitrogens with two attached hydrogens (primary N) is 1. The van der Waals surface area contributed by atoms with Crippen molar-refractivity contribution in [1.82, 2.24) is 5.01 Å². The van der Waals surface area contributed by atoms with E-state index in [0.29, 0.717) is 5.56 Å². The molecule has 0 atom stereocenters. The van der Waals surface area contributed by atoms with Crippen LogP contribution in [0.3, 0.4) is 0 Å². The molecule has 2 amide bonds. The third-order valence-corrected chi connectivity index (χ3v) is 1.96. The summed E-state index contributed by atoms with van der Waals surface area (Å²) >= 11 is 0. The van der Waals surface area contributed by atoms with Crippen LogP contribution in [-0.4, -0.2) is 29.6 Å². The predicted octanol–water partition coefficient (Wildman–Crippen LogP) is 0.660. The van der Waals surface area contributed by atoms with Gasteiger partial charge < -0.3 is 5.73 Å². The minimum Gasteiger partial charge on any atom is -0.361 e. The number of hydrazone groups is 1. The first-order valence-electron chi connectivity index (χ1n) is 5.06. The molecule has 0 bridgehead atoms. The fourth-order valence-corrected chi connectivity index (χ4v) is 1.12. The van der Waals surface area contributed by atoms with Crippen LogP contribution in [0.15, 0.2) is 42.0 Å². The van der Waals surface area contributed by atoms with Crippen molar-refractivity contribution in [3.8, 4) is 0 Å². The second kappa shape index (κ2) is 6.29. The molecule has 0 aliphatic heterocycles. The van der Waals surface area contributed by atoms with Crippen LogP contribution in [0.2, 0.25) is 0 Å². The first kappa shape index (κ1) is 13.6. The Morgan fingerprint density at radius 1 is 1.39 bits per heavy atom. The SMILES string of the molecule is C=CCN(N=Cc1ccc(F)cc1)C(=O)C(N)=O. The Hall–Kier alpha value is -2.50. The largest absolute Gasteiger partial charge is 0.361 e. The van der Waals surface area contributed by atoms with Crippen molar-refractivity contribution in [2.24, 2.45) is 10.8 Å². The van der Waals surface area contributed by atoms with Crippen LogP contribution in [0.1, 0.15) is 5.56 Å². The lowest BCUT2D eigenvalue weighted by Gasteiger charge is -2.12. The van der Waals surface area contributed by atoms with Crippen LogP contribution in [0.5, 0.6) is 0 Å². The molecule has 0 unspecified atom stereocenters. The zero-order chi connectivity index (χ0) is 13.5. The Morgan fingerprint density at radius 2 is 2.00 bits per heavy atom. The van der Waals surface area contributed by atoms with Crippen LogP contribution in [0, 0.1) is 5.82 Å². The summed E-state index contributed by atoms with van der Waals surface area (Å²) in [6.45, 7) is 3.49. The lowest BCUT2D eigenvalue weighted by Crippen LogP contribution is -2.37. The highest BCUT2D eigenvalue weighted by atomic mass is 19.1. The lowest BCUT2D eigenvalue weighted by molar-refractivity contribution is -0.143. The van der Waals surface area contributed by atoms with Gasteiger partial charge in [0.15, 0.2) is 0 Å². The lowest BCUT2D eigenvalue weighted by atomic mass is 10.2. The molecule has 0 aliphatic rings. The van der Waals surface area contributed by atoms with E-state index in [1.807, 2.05) is 0 Å². The smallest absolute Gasteiger partial charge is 0.331 e. The molecule has 6 heteroatoms. The quantitative estimate of drug-likeness (QED) is 0.368. The average Bonchev–Trinajstić information content (AvgIpc) is 2.35. The number of halogens is 1. The number of carbonyl (C=O) groups is 2. The Morgan fingerprint density at radius 3 is 2.50 bits per heavy atom. The second-order valence-corrected chi connectivity index (χ2v) is 3.34. The monoisotopic (exact) mass is 249 g/mol. The molecule has 1 rings (SSSR count). The van der Waals surface area contributed by atoms with Crippen molar-refractivity contribution in [2.75, 3.05) is 6.54 Å². The van der Waals surface area contributed by atoms with Gasteiger partial charge in [0, 0.05) is 0 Å². The van der Waals surface area contributed by atoms with E-state index >= 15 is 0 Å². The zero-order valence-corrected chi connectivity index (χ0v) is 9.54. The molecule has 1 aromatic carbocycles. The van der Waals surface area contributed by atoms with Crippen LogP contribution in [0.25, 0.3) is 0 Å². The molecule has 2 N–H and O–H groups in total. The number of rotatable bonds is 4. The summed E-state index contributed by atoms with van der Waals surface area (Å²) in [5.41, 5.74) is 5.45. The number of nitrogens with zero attached hydrogens (tertiary/aromatic N) is 2. The van der Waals surface area contributed by atoms with E-state index < -0.39 is 11.8 Å². The molecule has 18 heavy (non-hydrogen) atoms. The first-order chi connectivity index (χ1) is 8.54. The third kappa shape index (κ3) is 3.82. The Kier molecular flexibility index (Phi) is 4.74. The molecular formula is C12H12FN3O2. The number of hydrogen-bond donors (Lipinski definition) is 1. The van der Waals surface area contributed by atoms with E-state index in [-0.39, 0.29) is 12.4 Å². The topological polar surface area (TPSA) is 75.8 Å². The van der Waals surface area contributed by atoms with Gasteiger partial charge in [-0.1, -0.05) is 18.2 Å². The van der Waals surface area contributed by atoms with Crippen molar-refractivity contribution in [3.63, 3.8) is 0 Å². The average molecular weight is 249 g/mol. The summed E-state index contributed by atoms with van der Waals surface area (Å²) in [6, 6.07) is 5.49. The maximum absolute atomic E-state index is 12.7. The van der Waals surface area contributed by atoms with Crippen molar-refractivity contribution >= 4 is 18.0 Å². The Balaban J connectivity index is 2.83. The highest BCUT2D eigenvalue weighted by molar-refractivity contribution is 6.34. The van der Waals surface area contributed by atoms with Gasteiger partial charge in [-0.15, -0.1) is 6.58 Å². The van der Waals surface area contributed by atoms with E-state index in [9.17, 15) is 14.0 Å². The van der Waals surface area contributed by atoms with Gasteiger partial charge >= 0.3 is 11.8 Å². The number of amides is 2. The van der Waals surface area contributed by atoms with Crippen molar-refractivity contribution < 1.29 is 14.0 Å². The Labute approximate surface area is 103 Å². The van der Waals surface area contributed by atoms with Crippen LogP contribution in [0.4, 0.5) is 4.39 Å². The molecule has 0 fully saturated rings. The van der Waals surface area contributed by atoms with Gasteiger partial charge in [-0.25, -0.2) is 9.40 Å². The number of hydrogen-bond acceptors (Lipinski definition) is 3. The van der Waals surface area contributed by atoms with Crippen LogP contribution >= 0.6 is 0 Å². The molecular weight excluding hydrogens is 237 g/mol. The summed E-state index contributed by atoms with van der Waals surface area (Å²) in [5.74, 6) is -2.41. The molecule has 0 heterocycles. The maximum Gasteiger partial charge on any atom is 0.331 e. The van der Waals surface area contributed by atoms with Gasteiger partial charge in [0.05, 0.1) is 12.8 Å². The zero-order valence-electron chi connectivity index (χ0n) is 9.54. The summed E-state index contributed by atoms with van der Waals surface area (Å²) in [5, 5.41) is 4.67. The summed E-state index contributed by atoms with van der Waals surface area (Å²) in [7, 11) is 0. The number of carbonyl (C=O) groups excluding carboxylic acids is 2. The second-order valence-electron chi connectivity index (χ2n) is 3.34. The minimum absolute atomic E-state index is 0.0550. The Bertz CT molecular complexity index is 483. The molecule has 94 valence electrons. The predicted molar refractivity (Wildman–Crippen MR) is 65.1 cm³/mol. The molecule has 0 saturated carbocycles. The van der Waals surface area contributed by atoms with Gasteiger partial charge in [0.2, 0.25) is 0 Å². The van der Waals surface area contributed by atoms with Crippen LogP contribution < -0.4 is 5.73 Å². The molecule has 0 spiro atoms. The van der Waals surface area contributed by atoms with Crippen molar-refractivity contribution in [3.05, 3.63) is 48.3 Å². The molecule has 0 saturated heterocycles. The van der Waals surface area contributed by atoms with E-state index in [4.69, 9.17) is 5.73 Å². The molecule has 5 nitrogen and oxygen atoms in total. The van der Waals surface area contributed by atoms with E-state index in [2.05, 4.69) is 11.7 Å². The standard InChI is InChI=1S/C12H12FN3O2/c1-2-7-16(12(18)11(14)17)15-8-9-3-5-10(13)6-4-9/h2-6,8H,1,7H2,(H2,14,17). The van der Waals surface area contributed by atoms with Gasteiger partial charge in [0.25, 0.3) is 0 Å². The number of primary amides is 1. The summed E-state index contributed by atoms with van der Waals surface area (Å²) in [4.78, 5) is 22.1. The minimum atomic E-state index is -1.10. The van der Waals surface area contributed by atoms with Gasteiger partial charge in [-0.2, -0.15) is 5.10 Å². The van der Waals surface area contributed by atoms with Gasteiger partial charge in [-0.3, -0.25) is 9.59 Å². The fourth-order valence-electron chi connectivity index (χ4n) is 1.12. The van der Waals surface area contributed by atoms with E-state index in [1.54, 1.807) is 0 Å². The van der Waals surface area contributed by atoms with Crippen molar-refractivity contribution in [1.29, 1.82) is 0 Å². The van der Waals surface area contributed by atoms with Crippen molar-refractivity contribution in [2.45, 2.75) is 0 Å².